The number of benzene rings is 2. The first-order valence-electron chi connectivity index (χ1n) is 7.32. The summed E-state index contributed by atoms with van der Waals surface area (Å²) in [7, 11) is -2.07. The van der Waals surface area contributed by atoms with Gasteiger partial charge in [-0.15, -0.1) is 0 Å². The zero-order valence-corrected chi connectivity index (χ0v) is 15.8. The van der Waals surface area contributed by atoms with Crippen LogP contribution in [0.4, 0.5) is 0 Å². The fourth-order valence-corrected chi connectivity index (χ4v) is 4.26. The van der Waals surface area contributed by atoms with Gasteiger partial charge < -0.3 is 0 Å². The minimum absolute atomic E-state index is 0. The van der Waals surface area contributed by atoms with Crippen molar-refractivity contribution in [3.63, 3.8) is 0 Å². The maximum absolute atomic E-state index is 2.40. The largest absolute Gasteiger partial charge is 0.112 e. The van der Waals surface area contributed by atoms with Crippen molar-refractivity contribution >= 4 is 26.5 Å². The zero-order valence-electron chi connectivity index (χ0n) is 13.8. The van der Waals surface area contributed by atoms with Crippen LogP contribution in [0.1, 0.15) is 7.43 Å². The fourth-order valence-electron chi connectivity index (χ4n) is 1.88. The lowest BCUT2D eigenvalue weighted by atomic mass is 10.4. The summed E-state index contributed by atoms with van der Waals surface area (Å²) in [6.45, 7) is 14.1. The Hall–Kier alpha value is -1.13. The van der Waals surface area contributed by atoms with Crippen LogP contribution in [0, 0.1) is 0 Å². The van der Waals surface area contributed by atoms with Crippen molar-refractivity contribution in [3.8, 4) is 0 Å². The first-order chi connectivity index (χ1) is 9.21. The topological polar surface area (TPSA) is 0 Å². The van der Waals surface area contributed by atoms with E-state index in [-0.39, 0.29) is 7.43 Å². The van der Waals surface area contributed by atoms with E-state index < -0.39 is 16.1 Å². The van der Waals surface area contributed by atoms with Crippen LogP contribution in [0.3, 0.4) is 0 Å². The quantitative estimate of drug-likeness (QED) is 0.676. The number of rotatable bonds is 2. The number of hydrogen-bond donors (Lipinski definition) is 0. The second-order valence-corrected chi connectivity index (χ2v) is 17.8. The molecule has 0 unspecified atom stereocenters. The van der Waals surface area contributed by atoms with Gasteiger partial charge in [0.25, 0.3) is 0 Å². The molecule has 0 aliphatic carbocycles. The summed E-state index contributed by atoms with van der Waals surface area (Å²) < 4.78 is 0. The highest BCUT2D eigenvalue weighted by Gasteiger charge is 2.24. The molecule has 0 bridgehead atoms. The molecule has 0 aliphatic heterocycles. The van der Waals surface area contributed by atoms with Gasteiger partial charge in [0.1, 0.15) is 8.07 Å². The molecule has 0 spiro atoms. The molecule has 0 saturated carbocycles. The first kappa shape index (κ1) is 19.9. The molecule has 0 radical (unpaired) electrons. The van der Waals surface area contributed by atoms with Crippen molar-refractivity contribution in [2.75, 3.05) is 0 Å². The third-order valence-corrected chi connectivity index (χ3v) is 6.54. The summed E-state index contributed by atoms with van der Waals surface area (Å²) in [6, 6.07) is 21.7. The van der Waals surface area contributed by atoms with E-state index in [0.29, 0.717) is 0 Å². The lowest BCUT2D eigenvalue weighted by molar-refractivity contribution is 1.67. The molecule has 0 nitrogen and oxygen atoms in total. The molecule has 0 fully saturated rings. The van der Waals surface area contributed by atoms with Crippen molar-refractivity contribution in [1.82, 2.24) is 0 Å². The average Bonchev–Trinajstić information content (AvgIpc) is 2.39. The van der Waals surface area contributed by atoms with Gasteiger partial charge in [0.15, 0.2) is 0 Å². The highest BCUT2D eigenvalue weighted by molar-refractivity contribution is 7.00. The predicted molar refractivity (Wildman–Crippen MR) is 106 cm³/mol. The monoisotopic (exact) mass is 316 g/mol. The van der Waals surface area contributed by atoms with Crippen LogP contribution >= 0.6 is 0 Å². The van der Waals surface area contributed by atoms with Crippen molar-refractivity contribution in [1.29, 1.82) is 0 Å². The molecule has 2 aromatic rings. The van der Waals surface area contributed by atoms with Crippen LogP contribution in [0.15, 0.2) is 60.7 Å². The van der Waals surface area contributed by atoms with Crippen LogP contribution in [0.2, 0.25) is 39.3 Å². The Morgan fingerprint density at radius 3 is 1.00 bits per heavy atom. The van der Waals surface area contributed by atoms with E-state index in [2.05, 4.69) is 99.9 Å². The number of hydrogen-bond acceptors (Lipinski definition) is 0. The summed E-state index contributed by atoms with van der Waals surface area (Å²) in [4.78, 5) is 0. The van der Waals surface area contributed by atoms with Gasteiger partial charge >= 0.3 is 0 Å². The Morgan fingerprint density at radius 1 is 0.524 bits per heavy atom. The molecular weight excluding hydrogens is 284 g/mol. The van der Waals surface area contributed by atoms with E-state index in [9.17, 15) is 0 Å². The second-order valence-electron chi connectivity index (χ2n) is 7.36. The Bertz CT molecular complexity index is 449. The van der Waals surface area contributed by atoms with Crippen LogP contribution < -0.4 is 10.4 Å². The van der Waals surface area contributed by atoms with E-state index >= 15 is 0 Å². The van der Waals surface area contributed by atoms with E-state index in [4.69, 9.17) is 0 Å². The third-order valence-electron chi connectivity index (χ3n) is 2.99. The summed E-state index contributed by atoms with van der Waals surface area (Å²) in [6.07, 6.45) is 0. The van der Waals surface area contributed by atoms with Gasteiger partial charge in [0, 0.05) is 8.07 Å². The molecule has 116 valence electrons. The molecule has 0 N–H and O–H groups in total. The summed E-state index contributed by atoms with van der Waals surface area (Å²) in [5.41, 5.74) is 0. The van der Waals surface area contributed by atoms with Gasteiger partial charge in [-0.2, -0.15) is 0 Å². The van der Waals surface area contributed by atoms with E-state index in [1.54, 1.807) is 0 Å². The minimum atomic E-state index is -1.46. The average molecular weight is 317 g/mol. The molecule has 0 heterocycles. The van der Waals surface area contributed by atoms with Gasteiger partial charge in [0.2, 0.25) is 0 Å². The van der Waals surface area contributed by atoms with Crippen molar-refractivity contribution in [3.05, 3.63) is 60.7 Å². The highest BCUT2D eigenvalue weighted by Crippen LogP contribution is 2.04. The zero-order chi connectivity index (χ0) is 15.2. The Labute approximate surface area is 134 Å². The Kier molecular flexibility index (Phi) is 7.90. The SMILES string of the molecule is C.C[Si](C)(C)C.C[Si](C)(c1ccccc1)c1ccccc1. The lowest BCUT2D eigenvalue weighted by Crippen LogP contribution is -2.52. The van der Waals surface area contributed by atoms with Gasteiger partial charge in [-0.1, -0.05) is 118 Å². The molecule has 0 aromatic heterocycles. The molecule has 0 aliphatic rings. The normalized spacial score (nSPS) is 11.0. The smallest absolute Gasteiger partial charge is 0.0776 e. The molecule has 2 heteroatoms. The second kappa shape index (κ2) is 8.35. The Morgan fingerprint density at radius 2 is 0.762 bits per heavy atom. The predicted octanol–water partition coefficient (Wildman–Crippen LogP) is 5.10. The van der Waals surface area contributed by atoms with Gasteiger partial charge in [0.05, 0.1) is 0 Å². The lowest BCUT2D eigenvalue weighted by Gasteiger charge is -2.23. The molecular formula is C19H32Si2. The van der Waals surface area contributed by atoms with Gasteiger partial charge in [-0.3, -0.25) is 0 Å². The molecule has 0 atom stereocenters. The van der Waals surface area contributed by atoms with E-state index in [1.807, 2.05) is 0 Å². The molecule has 2 aromatic carbocycles. The maximum Gasteiger partial charge on any atom is 0.112 e. The first-order valence-corrected chi connectivity index (χ1v) is 14.3. The van der Waals surface area contributed by atoms with Crippen LogP contribution in [-0.2, 0) is 0 Å². The van der Waals surface area contributed by atoms with E-state index in [0.717, 1.165) is 0 Å². The molecule has 2 rings (SSSR count). The van der Waals surface area contributed by atoms with Crippen LogP contribution in [-0.4, -0.2) is 16.1 Å². The summed E-state index contributed by atoms with van der Waals surface area (Å²) in [5, 5.41) is 2.99. The van der Waals surface area contributed by atoms with Crippen molar-refractivity contribution in [2.45, 2.75) is 46.7 Å². The van der Waals surface area contributed by atoms with Crippen LogP contribution in [0.25, 0.3) is 0 Å². The Balaban J connectivity index is 0.000000583. The van der Waals surface area contributed by atoms with Crippen LogP contribution in [0.5, 0.6) is 0 Å². The van der Waals surface area contributed by atoms with E-state index in [1.165, 1.54) is 10.4 Å². The third kappa shape index (κ3) is 7.44. The molecule has 0 saturated heterocycles. The fraction of sp³-hybridized carbons (Fsp3) is 0.368. The van der Waals surface area contributed by atoms with Gasteiger partial charge in [-0.25, -0.2) is 0 Å². The highest BCUT2D eigenvalue weighted by atomic mass is 28.3. The standard InChI is InChI=1S/C14H16Si.C4H12Si.CH4/c1-15(2,13-9-5-3-6-10-13)14-11-7-4-8-12-14;1-5(2,3)4;/h3-12H,1-2H3;1-4H3;1H4. The van der Waals surface area contributed by atoms with Gasteiger partial charge in [-0.05, 0) is 0 Å². The van der Waals surface area contributed by atoms with Crippen molar-refractivity contribution < 1.29 is 0 Å². The summed E-state index contributed by atoms with van der Waals surface area (Å²) in [5.74, 6) is 0. The van der Waals surface area contributed by atoms with Crippen molar-refractivity contribution in [2.24, 2.45) is 0 Å². The maximum atomic E-state index is 2.40. The minimum Gasteiger partial charge on any atom is -0.0776 e. The molecule has 0 amide bonds. The summed E-state index contributed by atoms with van der Waals surface area (Å²) >= 11 is 0. The molecule has 21 heavy (non-hydrogen) atoms.